The molecule has 3 N–H and O–H groups in total. The van der Waals surface area contributed by atoms with Gasteiger partial charge in [-0.05, 0) is 49.8 Å². The summed E-state index contributed by atoms with van der Waals surface area (Å²) in [5.74, 6) is 1.06. The summed E-state index contributed by atoms with van der Waals surface area (Å²) in [4.78, 5) is 13.9. The van der Waals surface area contributed by atoms with Crippen molar-refractivity contribution in [1.29, 1.82) is 0 Å². The number of rotatable bonds is 2. The third-order valence-electron chi connectivity index (χ3n) is 5.57. The first-order chi connectivity index (χ1) is 12.0. The largest absolute Gasteiger partial charge is 0.507 e. The zero-order valence-corrected chi connectivity index (χ0v) is 14.2. The number of piperidine rings is 1. The number of hydrogen-bond donors (Lipinski definition) is 2. The molecule has 2 unspecified atom stereocenters. The number of hydrogen-bond acceptors (Lipinski definition) is 5. The third-order valence-corrected chi connectivity index (χ3v) is 5.57. The van der Waals surface area contributed by atoms with Gasteiger partial charge in [0.15, 0.2) is 0 Å². The highest BCUT2D eigenvalue weighted by atomic mass is 16.3. The smallest absolute Gasteiger partial charge is 0.219 e. The minimum Gasteiger partial charge on any atom is -0.507 e. The van der Waals surface area contributed by atoms with Gasteiger partial charge in [0.1, 0.15) is 11.6 Å². The van der Waals surface area contributed by atoms with Crippen molar-refractivity contribution in [2.45, 2.75) is 50.6 Å². The van der Waals surface area contributed by atoms with Crippen LogP contribution in [0.25, 0.3) is 11.3 Å². The van der Waals surface area contributed by atoms with Crippen molar-refractivity contribution in [3.8, 4) is 17.0 Å². The molecule has 4 rings (SSSR count). The molecule has 3 heterocycles. The van der Waals surface area contributed by atoms with E-state index in [0.29, 0.717) is 29.2 Å². The number of phenols is 1. The Balaban J connectivity index is 1.67. The van der Waals surface area contributed by atoms with Crippen LogP contribution >= 0.6 is 0 Å². The summed E-state index contributed by atoms with van der Waals surface area (Å²) in [6.07, 6.45) is 3.94. The highest BCUT2D eigenvalue weighted by Crippen LogP contribution is 2.44. The SMILES string of the molecule is CC(=O)N1C2CCC1CC(c1cc(-c3ccccc3O)nnc1N)C2. The summed E-state index contributed by atoms with van der Waals surface area (Å²) in [5.41, 5.74) is 8.39. The van der Waals surface area contributed by atoms with E-state index in [2.05, 4.69) is 10.2 Å². The number of nitrogens with zero attached hydrogens (tertiary/aromatic N) is 3. The number of aromatic nitrogens is 2. The van der Waals surface area contributed by atoms with Crippen LogP contribution < -0.4 is 5.73 Å². The van der Waals surface area contributed by atoms with E-state index >= 15 is 0 Å². The summed E-state index contributed by atoms with van der Waals surface area (Å²) in [6.45, 7) is 1.66. The molecule has 2 aliphatic heterocycles. The molecule has 0 saturated carbocycles. The van der Waals surface area contributed by atoms with Crippen LogP contribution in [0.1, 0.15) is 44.1 Å². The molecule has 2 aliphatic rings. The Morgan fingerprint density at radius 3 is 2.52 bits per heavy atom. The van der Waals surface area contributed by atoms with E-state index in [1.54, 1.807) is 19.1 Å². The molecule has 1 aromatic heterocycles. The van der Waals surface area contributed by atoms with Crippen LogP contribution in [0.2, 0.25) is 0 Å². The van der Waals surface area contributed by atoms with Crippen molar-refractivity contribution in [3.05, 3.63) is 35.9 Å². The van der Waals surface area contributed by atoms with Crippen molar-refractivity contribution >= 4 is 11.7 Å². The first-order valence-corrected chi connectivity index (χ1v) is 8.75. The highest BCUT2D eigenvalue weighted by molar-refractivity contribution is 5.74. The van der Waals surface area contributed by atoms with Crippen LogP contribution in [0.5, 0.6) is 5.75 Å². The van der Waals surface area contributed by atoms with E-state index in [1.807, 2.05) is 23.1 Å². The molecule has 2 bridgehead atoms. The van der Waals surface area contributed by atoms with Crippen molar-refractivity contribution < 1.29 is 9.90 Å². The number of aromatic hydroxyl groups is 1. The van der Waals surface area contributed by atoms with E-state index in [4.69, 9.17) is 5.73 Å². The monoisotopic (exact) mass is 338 g/mol. The highest BCUT2D eigenvalue weighted by Gasteiger charge is 2.42. The lowest BCUT2D eigenvalue weighted by Crippen LogP contribution is -2.45. The number of benzene rings is 1. The number of nitrogen functional groups attached to an aromatic ring is 1. The van der Waals surface area contributed by atoms with Crippen molar-refractivity contribution in [2.24, 2.45) is 0 Å². The summed E-state index contributed by atoms with van der Waals surface area (Å²) in [5, 5.41) is 18.4. The third kappa shape index (κ3) is 2.71. The Morgan fingerprint density at radius 2 is 1.88 bits per heavy atom. The fraction of sp³-hybridized carbons (Fsp3) is 0.421. The number of nitrogens with two attached hydrogens (primary N) is 1. The zero-order valence-electron chi connectivity index (χ0n) is 14.2. The molecular weight excluding hydrogens is 316 g/mol. The van der Waals surface area contributed by atoms with E-state index in [0.717, 1.165) is 31.2 Å². The Kier molecular flexibility index (Phi) is 3.82. The molecule has 6 heteroatoms. The van der Waals surface area contributed by atoms with Gasteiger partial charge in [-0.15, -0.1) is 10.2 Å². The first-order valence-electron chi connectivity index (χ1n) is 8.75. The number of carbonyl (C=O) groups excluding carboxylic acids is 1. The van der Waals surface area contributed by atoms with Gasteiger partial charge in [0.05, 0.1) is 5.69 Å². The van der Waals surface area contributed by atoms with Crippen LogP contribution in [-0.2, 0) is 4.79 Å². The number of fused-ring (bicyclic) bond motifs is 2. The van der Waals surface area contributed by atoms with E-state index < -0.39 is 0 Å². The maximum absolute atomic E-state index is 11.9. The molecule has 1 aromatic carbocycles. The van der Waals surface area contributed by atoms with Gasteiger partial charge in [-0.1, -0.05) is 12.1 Å². The van der Waals surface area contributed by atoms with Crippen molar-refractivity contribution in [2.75, 3.05) is 5.73 Å². The fourth-order valence-corrected chi connectivity index (χ4v) is 4.51. The average molecular weight is 338 g/mol. The summed E-state index contributed by atoms with van der Waals surface area (Å²) >= 11 is 0. The minimum atomic E-state index is 0.168. The van der Waals surface area contributed by atoms with Crippen LogP contribution in [0, 0.1) is 0 Å². The lowest BCUT2D eigenvalue weighted by Gasteiger charge is -2.38. The molecule has 2 fully saturated rings. The lowest BCUT2D eigenvalue weighted by atomic mass is 9.85. The number of carbonyl (C=O) groups is 1. The number of anilines is 1. The lowest BCUT2D eigenvalue weighted by molar-refractivity contribution is -0.133. The minimum absolute atomic E-state index is 0.168. The Hall–Kier alpha value is -2.63. The Bertz CT molecular complexity index is 809. The molecule has 0 radical (unpaired) electrons. The van der Waals surface area contributed by atoms with Gasteiger partial charge in [-0.2, -0.15) is 0 Å². The maximum atomic E-state index is 11.9. The molecule has 2 saturated heterocycles. The van der Waals surface area contributed by atoms with Gasteiger partial charge in [0, 0.05) is 30.1 Å². The second-order valence-corrected chi connectivity index (χ2v) is 7.07. The maximum Gasteiger partial charge on any atom is 0.219 e. The van der Waals surface area contributed by atoms with Crippen LogP contribution in [0.4, 0.5) is 5.82 Å². The van der Waals surface area contributed by atoms with Crippen LogP contribution in [0.3, 0.4) is 0 Å². The second kappa shape index (κ2) is 6.02. The van der Waals surface area contributed by atoms with Gasteiger partial charge in [-0.25, -0.2) is 0 Å². The van der Waals surface area contributed by atoms with Gasteiger partial charge in [0.25, 0.3) is 0 Å². The second-order valence-electron chi connectivity index (χ2n) is 7.07. The molecule has 0 aliphatic carbocycles. The Morgan fingerprint density at radius 1 is 1.20 bits per heavy atom. The van der Waals surface area contributed by atoms with Crippen molar-refractivity contribution in [1.82, 2.24) is 15.1 Å². The molecule has 130 valence electrons. The first kappa shape index (κ1) is 15.9. The van der Waals surface area contributed by atoms with Crippen molar-refractivity contribution in [3.63, 3.8) is 0 Å². The van der Waals surface area contributed by atoms with Gasteiger partial charge >= 0.3 is 0 Å². The number of amides is 1. The van der Waals surface area contributed by atoms with E-state index in [-0.39, 0.29) is 17.6 Å². The summed E-state index contributed by atoms with van der Waals surface area (Å²) in [7, 11) is 0. The molecule has 2 atom stereocenters. The van der Waals surface area contributed by atoms with E-state index in [1.165, 1.54) is 0 Å². The normalized spacial score (nSPS) is 25.2. The fourth-order valence-electron chi connectivity index (χ4n) is 4.51. The quantitative estimate of drug-likeness (QED) is 0.878. The van der Waals surface area contributed by atoms with Crippen LogP contribution in [-0.4, -0.2) is 38.2 Å². The Labute approximate surface area is 146 Å². The van der Waals surface area contributed by atoms with E-state index in [9.17, 15) is 9.90 Å². The summed E-state index contributed by atoms with van der Waals surface area (Å²) < 4.78 is 0. The number of phenolic OH excluding ortho intramolecular Hbond substituents is 1. The molecule has 25 heavy (non-hydrogen) atoms. The molecule has 0 spiro atoms. The number of para-hydroxylation sites is 1. The van der Waals surface area contributed by atoms with Crippen LogP contribution in [0.15, 0.2) is 30.3 Å². The molecular formula is C19H22N4O2. The molecule has 1 amide bonds. The standard InChI is InChI=1S/C19H22N4O2/c1-11(24)23-13-6-7-14(23)9-12(8-13)16-10-17(21-22-19(16)20)15-4-2-3-5-18(15)25/h2-5,10,12-14,25H,6-9H2,1H3,(H2,20,22). The topological polar surface area (TPSA) is 92.3 Å². The zero-order chi connectivity index (χ0) is 17.6. The van der Waals surface area contributed by atoms with Gasteiger partial charge < -0.3 is 15.7 Å². The van der Waals surface area contributed by atoms with Gasteiger partial charge in [-0.3, -0.25) is 4.79 Å². The predicted molar refractivity (Wildman–Crippen MR) is 94.9 cm³/mol. The predicted octanol–water partition coefficient (Wildman–Crippen LogP) is 2.69. The summed E-state index contributed by atoms with van der Waals surface area (Å²) in [6, 6.07) is 9.63. The average Bonchev–Trinajstić information content (AvgIpc) is 2.87. The molecule has 2 aromatic rings. The van der Waals surface area contributed by atoms with Gasteiger partial charge in [0.2, 0.25) is 5.91 Å². The molecule has 6 nitrogen and oxygen atoms in total.